The number of hydrogen-bond donors (Lipinski definition) is 1. The summed E-state index contributed by atoms with van der Waals surface area (Å²) in [5.41, 5.74) is 13.7. The zero-order chi connectivity index (χ0) is 30.8. The Kier molecular flexibility index (Phi) is 12.2. The minimum absolute atomic E-state index is 0.263. The zero-order valence-electron chi connectivity index (χ0n) is 26.8. The van der Waals surface area contributed by atoms with E-state index in [0.29, 0.717) is 19.3 Å². The molecule has 4 nitrogen and oxygen atoms in total. The molecule has 1 atom stereocenters. The maximum atomic E-state index is 11.8. The molecule has 2 aromatic heterocycles. The second-order valence-corrected chi connectivity index (χ2v) is 11.7. The predicted molar refractivity (Wildman–Crippen MR) is 176 cm³/mol. The Bertz CT molecular complexity index is 1460. The fourth-order valence-corrected chi connectivity index (χ4v) is 5.86. The summed E-state index contributed by atoms with van der Waals surface area (Å²) in [6, 6.07) is 20.8. The van der Waals surface area contributed by atoms with Crippen LogP contribution < -0.4 is 0 Å². The molecule has 42 heavy (non-hydrogen) atoms. The van der Waals surface area contributed by atoms with E-state index in [-0.39, 0.29) is 11.9 Å². The monoisotopic (exact) mass is 564 g/mol. The number of carbonyl (C=O) groups is 1. The van der Waals surface area contributed by atoms with E-state index in [4.69, 9.17) is 9.97 Å². The lowest BCUT2D eigenvalue weighted by Crippen LogP contribution is -2.11. The highest BCUT2D eigenvalue weighted by atomic mass is 16.3. The third kappa shape index (κ3) is 9.19. The Labute approximate surface area is 253 Å². The molecule has 0 fully saturated rings. The molecule has 4 heteroatoms. The van der Waals surface area contributed by atoms with E-state index < -0.39 is 0 Å². The molecule has 222 valence electrons. The Hall–Kier alpha value is -3.63. The summed E-state index contributed by atoms with van der Waals surface area (Å²) < 4.78 is 0. The molecular weight excluding hydrogens is 516 g/mol. The summed E-state index contributed by atoms with van der Waals surface area (Å²) in [5.74, 6) is 0.263. The first-order chi connectivity index (χ1) is 20.0. The molecule has 0 spiro atoms. The van der Waals surface area contributed by atoms with Crippen molar-refractivity contribution in [2.75, 3.05) is 0 Å². The number of nitrogens with zero attached hydrogens (tertiary/aromatic N) is 2. The number of aryl methyl sites for hydroxylation is 6. The Morgan fingerprint density at radius 3 is 1.60 bits per heavy atom. The molecule has 0 aliphatic carbocycles. The number of aliphatic hydroxyl groups is 1. The van der Waals surface area contributed by atoms with E-state index in [1.807, 2.05) is 37.3 Å². The molecule has 0 aliphatic heterocycles. The van der Waals surface area contributed by atoms with Gasteiger partial charge in [-0.25, -0.2) is 0 Å². The Balaban J connectivity index is 0.000000230. The van der Waals surface area contributed by atoms with Crippen molar-refractivity contribution in [2.24, 2.45) is 0 Å². The molecule has 2 heterocycles. The third-order valence-electron chi connectivity index (χ3n) is 7.45. The molecule has 2 aromatic carbocycles. The van der Waals surface area contributed by atoms with Gasteiger partial charge >= 0.3 is 0 Å². The summed E-state index contributed by atoms with van der Waals surface area (Å²) in [7, 11) is 0. The molecule has 0 bridgehead atoms. The van der Waals surface area contributed by atoms with Crippen LogP contribution >= 0.6 is 0 Å². The normalized spacial score (nSPS) is 11.5. The van der Waals surface area contributed by atoms with Crippen LogP contribution in [0.25, 0.3) is 22.5 Å². The van der Waals surface area contributed by atoms with Crippen molar-refractivity contribution in [3.63, 3.8) is 0 Å². The van der Waals surface area contributed by atoms with Crippen LogP contribution in [0.3, 0.4) is 0 Å². The zero-order valence-corrected chi connectivity index (χ0v) is 26.8. The van der Waals surface area contributed by atoms with Gasteiger partial charge in [0.15, 0.2) is 0 Å². The topological polar surface area (TPSA) is 63.1 Å². The van der Waals surface area contributed by atoms with Gasteiger partial charge in [0.25, 0.3) is 0 Å². The number of ketones is 1. The van der Waals surface area contributed by atoms with E-state index in [2.05, 4.69) is 78.8 Å². The van der Waals surface area contributed by atoms with Gasteiger partial charge in [-0.2, -0.15) is 0 Å². The third-order valence-corrected chi connectivity index (χ3v) is 7.45. The average molecular weight is 565 g/mol. The highest BCUT2D eigenvalue weighted by molar-refractivity contribution is 5.80. The molecule has 0 radical (unpaired) electrons. The molecule has 0 amide bonds. The highest BCUT2D eigenvalue weighted by Gasteiger charge is 2.12. The van der Waals surface area contributed by atoms with Crippen LogP contribution in [0, 0.1) is 41.5 Å². The van der Waals surface area contributed by atoms with Gasteiger partial charge in [0.2, 0.25) is 0 Å². The summed E-state index contributed by atoms with van der Waals surface area (Å²) in [6.45, 7) is 16.8. The van der Waals surface area contributed by atoms with Crippen molar-refractivity contribution in [3.05, 3.63) is 105 Å². The lowest BCUT2D eigenvalue weighted by Gasteiger charge is -2.13. The molecule has 4 aromatic rings. The number of hydrogen-bond acceptors (Lipinski definition) is 4. The molecule has 0 saturated heterocycles. The van der Waals surface area contributed by atoms with Gasteiger partial charge in [0, 0.05) is 41.8 Å². The quantitative estimate of drug-likeness (QED) is 0.209. The summed E-state index contributed by atoms with van der Waals surface area (Å²) in [6.07, 6.45) is 4.13. The summed E-state index contributed by atoms with van der Waals surface area (Å²) in [5, 5.41) is 9.97. The van der Waals surface area contributed by atoms with Crippen LogP contribution in [0.1, 0.15) is 84.3 Å². The number of aromatic nitrogens is 2. The van der Waals surface area contributed by atoms with Crippen molar-refractivity contribution in [1.29, 1.82) is 0 Å². The fraction of sp³-hybridized carbons (Fsp3) is 0.395. The number of aliphatic hydroxyl groups excluding tert-OH is 1. The van der Waals surface area contributed by atoms with Crippen molar-refractivity contribution in [1.82, 2.24) is 9.97 Å². The van der Waals surface area contributed by atoms with Crippen LogP contribution in [0.4, 0.5) is 0 Å². The van der Waals surface area contributed by atoms with Crippen LogP contribution in [-0.2, 0) is 17.6 Å². The van der Waals surface area contributed by atoms with E-state index in [9.17, 15) is 9.90 Å². The standard InChI is InChI=1S/C19H25NO.C19H23NO/c2*1-5-7-17(21)12-16-8-6-9-18(20-16)19-14(3)10-13(2)11-15(19)4/h6,8-11,17,21H,5,7,12H2,1-4H3;6,8-11H,5,7,12H2,1-4H3. The minimum Gasteiger partial charge on any atom is -0.393 e. The van der Waals surface area contributed by atoms with Crippen molar-refractivity contribution in [3.8, 4) is 22.5 Å². The second-order valence-electron chi connectivity index (χ2n) is 11.7. The first-order valence-electron chi connectivity index (χ1n) is 15.3. The molecule has 1 N–H and O–H groups in total. The molecule has 4 rings (SSSR count). The van der Waals surface area contributed by atoms with Crippen LogP contribution in [0.15, 0.2) is 60.7 Å². The van der Waals surface area contributed by atoms with E-state index in [1.165, 1.54) is 44.5 Å². The van der Waals surface area contributed by atoms with Gasteiger partial charge in [-0.1, -0.05) is 67.8 Å². The Morgan fingerprint density at radius 2 is 1.14 bits per heavy atom. The predicted octanol–water partition coefficient (Wildman–Crippen LogP) is 8.96. The van der Waals surface area contributed by atoms with E-state index in [0.717, 1.165) is 42.0 Å². The van der Waals surface area contributed by atoms with Gasteiger partial charge in [0.1, 0.15) is 5.78 Å². The second kappa shape index (κ2) is 15.6. The van der Waals surface area contributed by atoms with Gasteiger partial charge in [-0.15, -0.1) is 0 Å². The van der Waals surface area contributed by atoms with Crippen LogP contribution in [0.2, 0.25) is 0 Å². The van der Waals surface area contributed by atoms with Crippen molar-refractivity contribution < 1.29 is 9.90 Å². The molecule has 0 saturated carbocycles. The van der Waals surface area contributed by atoms with Crippen molar-refractivity contribution in [2.45, 2.75) is 100 Å². The fourth-order valence-electron chi connectivity index (χ4n) is 5.86. The maximum absolute atomic E-state index is 11.8. The van der Waals surface area contributed by atoms with Crippen molar-refractivity contribution >= 4 is 5.78 Å². The molecule has 0 aliphatic rings. The SMILES string of the molecule is CCCC(=O)Cc1cccc(-c2c(C)cc(C)cc2C)n1.CCCC(O)Cc1cccc(-c2c(C)cc(C)cc2C)n1. The van der Waals surface area contributed by atoms with E-state index in [1.54, 1.807) is 0 Å². The first-order valence-corrected chi connectivity index (χ1v) is 15.3. The lowest BCUT2D eigenvalue weighted by molar-refractivity contribution is -0.118. The number of Topliss-reactive ketones (excluding diaryl/α,β-unsaturated/α-hetero) is 1. The van der Waals surface area contributed by atoms with Gasteiger partial charge in [0.05, 0.1) is 17.5 Å². The molecular formula is C38H48N2O2. The number of pyridine rings is 2. The Morgan fingerprint density at radius 1 is 0.690 bits per heavy atom. The van der Waals surface area contributed by atoms with E-state index >= 15 is 0 Å². The van der Waals surface area contributed by atoms with Gasteiger partial charge in [-0.05, 0) is 101 Å². The first kappa shape index (κ1) is 32.9. The van der Waals surface area contributed by atoms with Crippen LogP contribution in [0.5, 0.6) is 0 Å². The van der Waals surface area contributed by atoms with Gasteiger partial charge < -0.3 is 5.11 Å². The average Bonchev–Trinajstić information content (AvgIpc) is 2.89. The smallest absolute Gasteiger partial charge is 0.138 e. The summed E-state index contributed by atoms with van der Waals surface area (Å²) >= 11 is 0. The summed E-state index contributed by atoms with van der Waals surface area (Å²) in [4.78, 5) is 21.3. The maximum Gasteiger partial charge on any atom is 0.138 e. The van der Waals surface area contributed by atoms with Gasteiger partial charge in [-0.3, -0.25) is 14.8 Å². The number of rotatable bonds is 10. The highest BCUT2D eigenvalue weighted by Crippen LogP contribution is 2.28. The lowest BCUT2D eigenvalue weighted by atomic mass is 9.96. The largest absolute Gasteiger partial charge is 0.393 e. The molecule has 1 unspecified atom stereocenters. The number of benzene rings is 2. The number of carbonyl (C=O) groups excluding carboxylic acids is 1. The minimum atomic E-state index is -0.294. The van der Waals surface area contributed by atoms with Crippen LogP contribution in [-0.4, -0.2) is 27.0 Å².